The third-order valence-corrected chi connectivity index (χ3v) is 6.87. The van der Waals surface area contributed by atoms with Crippen LogP contribution in [0.15, 0.2) is 77.8 Å². The molecule has 28 heavy (non-hydrogen) atoms. The Hall–Kier alpha value is -2.70. The molecule has 4 rings (SSSR count). The Bertz CT molecular complexity index is 1050. The third-order valence-electron chi connectivity index (χ3n) is 4.95. The van der Waals surface area contributed by atoms with Crippen LogP contribution in [0, 0.1) is 6.92 Å². The summed E-state index contributed by atoms with van der Waals surface area (Å²) in [5.74, 6) is 1.12. The van der Waals surface area contributed by atoms with Gasteiger partial charge in [-0.3, -0.25) is 0 Å². The lowest BCUT2D eigenvalue weighted by Gasteiger charge is -2.25. The zero-order valence-corrected chi connectivity index (χ0v) is 16.5. The average molecular weight is 394 g/mol. The molecule has 6 heteroatoms. The van der Waals surface area contributed by atoms with Gasteiger partial charge in [0.15, 0.2) is 0 Å². The molecule has 0 spiro atoms. The van der Waals surface area contributed by atoms with Crippen molar-refractivity contribution in [2.45, 2.75) is 30.7 Å². The van der Waals surface area contributed by atoms with Crippen LogP contribution in [0.5, 0.6) is 11.6 Å². The molecule has 1 fully saturated rings. The Balaban J connectivity index is 1.68. The van der Waals surface area contributed by atoms with E-state index < -0.39 is 10.0 Å². The minimum absolute atomic E-state index is 0.293. The van der Waals surface area contributed by atoms with Crippen LogP contribution in [0.4, 0.5) is 0 Å². The predicted molar refractivity (Wildman–Crippen MR) is 108 cm³/mol. The highest BCUT2D eigenvalue weighted by Gasteiger charge is 2.37. The summed E-state index contributed by atoms with van der Waals surface area (Å²) in [5.41, 5.74) is 1.82. The second-order valence-corrected chi connectivity index (χ2v) is 8.79. The first-order chi connectivity index (χ1) is 13.6. The van der Waals surface area contributed by atoms with E-state index in [2.05, 4.69) is 4.98 Å². The van der Waals surface area contributed by atoms with E-state index >= 15 is 0 Å². The fourth-order valence-corrected chi connectivity index (χ4v) is 5.20. The highest BCUT2D eigenvalue weighted by molar-refractivity contribution is 7.89. The molecule has 1 unspecified atom stereocenters. The van der Waals surface area contributed by atoms with E-state index in [1.807, 2.05) is 61.5 Å². The number of nitrogens with zero attached hydrogens (tertiary/aromatic N) is 2. The Labute approximate surface area is 165 Å². The quantitative estimate of drug-likeness (QED) is 0.629. The molecule has 144 valence electrons. The van der Waals surface area contributed by atoms with E-state index in [0.29, 0.717) is 23.1 Å². The van der Waals surface area contributed by atoms with Gasteiger partial charge in [0, 0.05) is 18.3 Å². The lowest BCUT2D eigenvalue weighted by atomic mass is 10.1. The highest BCUT2D eigenvalue weighted by Crippen LogP contribution is 2.40. The Kier molecular flexibility index (Phi) is 5.15. The van der Waals surface area contributed by atoms with Crippen molar-refractivity contribution in [3.63, 3.8) is 0 Å². The molecule has 0 amide bonds. The fraction of sp³-hybridized carbons (Fsp3) is 0.227. The normalized spacial score (nSPS) is 17.5. The van der Waals surface area contributed by atoms with Gasteiger partial charge in [-0.1, -0.05) is 42.0 Å². The molecule has 1 aliphatic rings. The molecule has 0 bridgehead atoms. The second kappa shape index (κ2) is 7.73. The summed E-state index contributed by atoms with van der Waals surface area (Å²) >= 11 is 0. The molecular weight excluding hydrogens is 372 g/mol. The van der Waals surface area contributed by atoms with Crippen molar-refractivity contribution in [1.29, 1.82) is 0 Å². The van der Waals surface area contributed by atoms with Crippen LogP contribution in [0.2, 0.25) is 0 Å². The zero-order chi connectivity index (χ0) is 19.6. The number of hydrogen-bond acceptors (Lipinski definition) is 4. The van der Waals surface area contributed by atoms with Gasteiger partial charge in [-0.25, -0.2) is 13.4 Å². The lowest BCUT2D eigenvalue weighted by molar-refractivity contribution is 0.378. The molecule has 1 atom stereocenters. The molecule has 1 saturated heterocycles. The molecule has 0 radical (unpaired) electrons. The molecule has 0 saturated carbocycles. The van der Waals surface area contributed by atoms with E-state index in [1.165, 1.54) is 0 Å². The van der Waals surface area contributed by atoms with Crippen molar-refractivity contribution in [3.05, 3.63) is 84.1 Å². The topological polar surface area (TPSA) is 59.5 Å². The Morgan fingerprint density at radius 2 is 1.75 bits per heavy atom. The van der Waals surface area contributed by atoms with Gasteiger partial charge in [-0.15, -0.1) is 0 Å². The van der Waals surface area contributed by atoms with E-state index in [0.717, 1.165) is 24.0 Å². The summed E-state index contributed by atoms with van der Waals surface area (Å²) in [6.07, 6.45) is 3.20. The van der Waals surface area contributed by atoms with Crippen LogP contribution in [0.3, 0.4) is 0 Å². The van der Waals surface area contributed by atoms with Crippen molar-refractivity contribution in [1.82, 2.24) is 9.29 Å². The maximum atomic E-state index is 13.3. The van der Waals surface area contributed by atoms with Gasteiger partial charge in [0.1, 0.15) is 5.75 Å². The van der Waals surface area contributed by atoms with Crippen LogP contribution in [0.1, 0.15) is 30.0 Å². The van der Waals surface area contributed by atoms with E-state index in [9.17, 15) is 8.42 Å². The fourth-order valence-electron chi connectivity index (χ4n) is 3.53. The monoisotopic (exact) mass is 394 g/mol. The maximum Gasteiger partial charge on any atom is 0.243 e. The van der Waals surface area contributed by atoms with E-state index in [4.69, 9.17) is 4.74 Å². The number of rotatable bonds is 5. The first-order valence-corrected chi connectivity index (χ1v) is 10.8. The number of ether oxygens (including phenoxy) is 1. The van der Waals surface area contributed by atoms with Gasteiger partial charge < -0.3 is 4.74 Å². The van der Waals surface area contributed by atoms with Crippen LogP contribution in [-0.4, -0.2) is 24.3 Å². The number of aromatic nitrogens is 1. The lowest BCUT2D eigenvalue weighted by Crippen LogP contribution is -2.31. The molecule has 2 aromatic carbocycles. The molecule has 1 aliphatic heterocycles. The summed E-state index contributed by atoms with van der Waals surface area (Å²) in [7, 11) is -3.59. The standard InChI is InChI=1S/C22H22N2O3S/c1-17-11-13-19(14-12-17)28(25,26)24-16-6-10-21(24)20-9-5-15-23-22(20)27-18-7-3-2-4-8-18/h2-5,7-9,11-15,21H,6,10,16H2,1H3. The molecule has 1 aromatic heterocycles. The molecule has 0 N–H and O–H groups in total. The number of hydrogen-bond donors (Lipinski definition) is 0. The number of benzene rings is 2. The summed E-state index contributed by atoms with van der Waals surface area (Å²) in [4.78, 5) is 4.69. The first kappa shape index (κ1) is 18.7. The first-order valence-electron chi connectivity index (χ1n) is 9.32. The largest absolute Gasteiger partial charge is 0.439 e. The summed E-state index contributed by atoms with van der Waals surface area (Å²) in [6, 6.07) is 19.8. The number of sulfonamides is 1. The average Bonchev–Trinajstić information content (AvgIpc) is 3.20. The van der Waals surface area contributed by atoms with Crippen molar-refractivity contribution >= 4 is 10.0 Å². The van der Waals surface area contributed by atoms with E-state index in [1.54, 1.807) is 22.6 Å². The van der Waals surface area contributed by atoms with Crippen molar-refractivity contribution in [2.24, 2.45) is 0 Å². The Morgan fingerprint density at radius 3 is 2.50 bits per heavy atom. The zero-order valence-electron chi connectivity index (χ0n) is 15.7. The summed E-state index contributed by atoms with van der Waals surface area (Å²) in [5, 5.41) is 0. The number of para-hydroxylation sites is 1. The SMILES string of the molecule is Cc1ccc(S(=O)(=O)N2CCCC2c2cccnc2Oc2ccccc2)cc1. The smallest absolute Gasteiger partial charge is 0.243 e. The number of pyridine rings is 1. The van der Waals surface area contributed by atoms with E-state index in [-0.39, 0.29) is 6.04 Å². The highest BCUT2D eigenvalue weighted by atomic mass is 32.2. The van der Waals surface area contributed by atoms with Gasteiger partial charge in [-0.05, 0) is 50.1 Å². The summed E-state index contributed by atoms with van der Waals surface area (Å²) < 4.78 is 34.1. The third kappa shape index (κ3) is 3.66. The predicted octanol–water partition coefficient (Wildman–Crippen LogP) is 4.71. The molecule has 5 nitrogen and oxygen atoms in total. The van der Waals surface area contributed by atoms with Gasteiger partial charge >= 0.3 is 0 Å². The van der Waals surface area contributed by atoms with Crippen LogP contribution < -0.4 is 4.74 Å². The van der Waals surface area contributed by atoms with Crippen molar-refractivity contribution in [2.75, 3.05) is 6.54 Å². The number of aryl methyl sites for hydroxylation is 1. The Morgan fingerprint density at radius 1 is 1.00 bits per heavy atom. The summed E-state index contributed by atoms with van der Waals surface area (Å²) in [6.45, 7) is 2.43. The molecule has 0 aliphatic carbocycles. The van der Waals surface area contributed by atoms with Crippen LogP contribution >= 0.6 is 0 Å². The van der Waals surface area contributed by atoms with Crippen LogP contribution in [0.25, 0.3) is 0 Å². The molecule has 3 aromatic rings. The van der Waals surface area contributed by atoms with Crippen LogP contribution in [-0.2, 0) is 10.0 Å². The van der Waals surface area contributed by atoms with Gasteiger partial charge in [0.25, 0.3) is 0 Å². The second-order valence-electron chi connectivity index (χ2n) is 6.90. The molecular formula is C22H22N2O3S. The minimum atomic E-state index is -3.59. The van der Waals surface area contributed by atoms with Crippen molar-refractivity contribution < 1.29 is 13.2 Å². The van der Waals surface area contributed by atoms with Crippen molar-refractivity contribution in [3.8, 4) is 11.6 Å². The minimum Gasteiger partial charge on any atom is -0.439 e. The van der Waals surface area contributed by atoms with Gasteiger partial charge in [-0.2, -0.15) is 4.31 Å². The molecule has 2 heterocycles. The van der Waals surface area contributed by atoms with Gasteiger partial charge in [0.05, 0.1) is 10.9 Å². The maximum absolute atomic E-state index is 13.3. The van der Waals surface area contributed by atoms with Gasteiger partial charge in [0.2, 0.25) is 15.9 Å².